The molecule has 21 heavy (non-hydrogen) atoms. The first-order valence-electron chi connectivity index (χ1n) is 7.51. The quantitative estimate of drug-likeness (QED) is 0.801. The molecule has 1 heterocycles. The van der Waals surface area contributed by atoms with Crippen molar-refractivity contribution in [3.05, 3.63) is 29.8 Å². The minimum absolute atomic E-state index is 0.0966. The van der Waals surface area contributed by atoms with Crippen LogP contribution in [0.25, 0.3) is 0 Å². The lowest BCUT2D eigenvalue weighted by atomic mass is 10.1. The first kappa shape index (κ1) is 15.8. The second-order valence-electron chi connectivity index (χ2n) is 5.24. The maximum absolute atomic E-state index is 9.60. The van der Waals surface area contributed by atoms with Gasteiger partial charge in [-0.1, -0.05) is 11.8 Å². The predicted octanol–water partition coefficient (Wildman–Crippen LogP) is 1.26. The molecule has 1 aromatic rings. The van der Waals surface area contributed by atoms with Gasteiger partial charge in [-0.15, -0.1) is 0 Å². The Morgan fingerprint density at radius 1 is 1.29 bits per heavy atom. The molecule has 0 aliphatic carbocycles. The number of β-amino-alcohol motifs (C(OH)–C–C–N with tert-alkyl or cyclic N) is 1. The van der Waals surface area contributed by atoms with Crippen LogP contribution in [0.4, 0.5) is 0 Å². The van der Waals surface area contributed by atoms with Gasteiger partial charge in [0, 0.05) is 25.1 Å². The Bertz CT molecular complexity index is 475. The average molecular weight is 289 g/mol. The van der Waals surface area contributed by atoms with Crippen LogP contribution in [0.15, 0.2) is 24.3 Å². The van der Waals surface area contributed by atoms with Crippen molar-refractivity contribution in [1.29, 1.82) is 0 Å². The predicted molar refractivity (Wildman–Crippen MR) is 82.2 cm³/mol. The molecule has 1 aromatic carbocycles. The molecule has 1 saturated heterocycles. The number of benzene rings is 1. The molecule has 0 saturated carbocycles. The number of ether oxygens (including phenoxy) is 1. The number of piperidine rings is 1. The maximum Gasteiger partial charge on any atom is 0.119 e. The van der Waals surface area contributed by atoms with Gasteiger partial charge in [-0.25, -0.2) is 0 Å². The van der Waals surface area contributed by atoms with Gasteiger partial charge in [-0.05, 0) is 43.7 Å². The normalized spacial score (nSPS) is 18.9. The van der Waals surface area contributed by atoms with Crippen molar-refractivity contribution in [2.45, 2.75) is 25.4 Å². The monoisotopic (exact) mass is 289 g/mol. The van der Waals surface area contributed by atoms with Crippen molar-refractivity contribution < 1.29 is 14.9 Å². The van der Waals surface area contributed by atoms with E-state index in [1.165, 1.54) is 0 Å². The van der Waals surface area contributed by atoms with Gasteiger partial charge in [0.05, 0.1) is 12.7 Å². The number of likely N-dealkylation sites (tertiary alicyclic amines) is 1. The molecular weight excluding hydrogens is 266 g/mol. The fraction of sp³-hybridized carbons (Fsp3) is 0.529. The minimum Gasteiger partial charge on any atom is -0.492 e. The maximum atomic E-state index is 9.60. The summed E-state index contributed by atoms with van der Waals surface area (Å²) in [5.41, 5.74) is 0.926. The Morgan fingerprint density at radius 2 is 2.10 bits per heavy atom. The summed E-state index contributed by atoms with van der Waals surface area (Å²) in [4.78, 5) is 2.24. The summed E-state index contributed by atoms with van der Waals surface area (Å²) in [7, 11) is 0. The van der Waals surface area contributed by atoms with Crippen molar-refractivity contribution in [2.24, 2.45) is 0 Å². The van der Waals surface area contributed by atoms with Crippen molar-refractivity contribution in [2.75, 3.05) is 32.8 Å². The van der Waals surface area contributed by atoms with Gasteiger partial charge in [0.1, 0.15) is 12.4 Å². The van der Waals surface area contributed by atoms with Gasteiger partial charge in [-0.3, -0.25) is 4.90 Å². The van der Waals surface area contributed by atoms with E-state index in [4.69, 9.17) is 9.84 Å². The molecule has 2 N–H and O–H groups in total. The molecule has 0 spiro atoms. The van der Waals surface area contributed by atoms with Crippen molar-refractivity contribution in [3.8, 4) is 17.6 Å². The highest BCUT2D eigenvalue weighted by molar-refractivity contribution is 5.38. The lowest BCUT2D eigenvalue weighted by molar-refractivity contribution is 0.0633. The fourth-order valence-electron chi connectivity index (χ4n) is 2.38. The summed E-state index contributed by atoms with van der Waals surface area (Å²) >= 11 is 0. The molecule has 1 unspecified atom stereocenters. The Kier molecular flexibility index (Phi) is 6.55. The van der Waals surface area contributed by atoms with Gasteiger partial charge < -0.3 is 14.9 Å². The number of hydrogen-bond acceptors (Lipinski definition) is 4. The van der Waals surface area contributed by atoms with Gasteiger partial charge in [-0.2, -0.15) is 0 Å². The number of aliphatic hydroxyl groups is 2. The first-order valence-corrected chi connectivity index (χ1v) is 7.51. The van der Waals surface area contributed by atoms with E-state index in [9.17, 15) is 5.11 Å². The Morgan fingerprint density at radius 3 is 2.81 bits per heavy atom. The van der Waals surface area contributed by atoms with E-state index >= 15 is 0 Å². The van der Waals surface area contributed by atoms with Crippen LogP contribution < -0.4 is 4.74 Å². The minimum atomic E-state index is -0.185. The topological polar surface area (TPSA) is 52.9 Å². The van der Waals surface area contributed by atoms with Crippen LogP contribution in [0.1, 0.15) is 24.8 Å². The lowest BCUT2D eigenvalue weighted by Gasteiger charge is -2.29. The van der Waals surface area contributed by atoms with E-state index in [0.29, 0.717) is 13.0 Å². The second-order valence-corrected chi connectivity index (χ2v) is 5.24. The van der Waals surface area contributed by atoms with Crippen LogP contribution in [0.5, 0.6) is 5.75 Å². The molecule has 114 valence electrons. The zero-order valence-corrected chi connectivity index (χ0v) is 12.3. The van der Waals surface area contributed by atoms with Crippen LogP contribution >= 0.6 is 0 Å². The Hall–Kier alpha value is -1.54. The molecular formula is C17H23NO3. The fourth-order valence-corrected chi connectivity index (χ4v) is 2.38. The molecule has 0 bridgehead atoms. The summed E-state index contributed by atoms with van der Waals surface area (Å²) in [6.45, 7) is 3.36. The van der Waals surface area contributed by atoms with E-state index in [1.807, 2.05) is 24.3 Å². The molecule has 1 aliphatic heterocycles. The molecule has 0 amide bonds. The summed E-state index contributed by atoms with van der Waals surface area (Å²) in [6, 6.07) is 7.66. The number of aliphatic hydroxyl groups excluding tert-OH is 2. The molecule has 4 nitrogen and oxygen atoms in total. The lowest BCUT2D eigenvalue weighted by Crippen LogP contribution is -2.40. The zero-order valence-electron chi connectivity index (χ0n) is 12.3. The van der Waals surface area contributed by atoms with Gasteiger partial charge in [0.25, 0.3) is 0 Å². The largest absolute Gasteiger partial charge is 0.492 e. The molecule has 0 radical (unpaired) electrons. The van der Waals surface area contributed by atoms with Crippen LogP contribution in [0.2, 0.25) is 0 Å². The Labute approximate surface area is 126 Å². The number of nitrogens with zero attached hydrogens (tertiary/aromatic N) is 1. The molecule has 2 rings (SSSR count). The first-order chi connectivity index (χ1) is 10.3. The molecule has 1 aliphatic rings. The van der Waals surface area contributed by atoms with Gasteiger partial charge in [0.15, 0.2) is 0 Å². The van der Waals surface area contributed by atoms with Gasteiger partial charge >= 0.3 is 0 Å². The summed E-state index contributed by atoms with van der Waals surface area (Å²) in [6.07, 6.45) is 2.29. The highest BCUT2D eigenvalue weighted by Crippen LogP contribution is 2.13. The van der Waals surface area contributed by atoms with Crippen LogP contribution in [-0.2, 0) is 0 Å². The third-order valence-corrected chi connectivity index (χ3v) is 3.48. The van der Waals surface area contributed by atoms with E-state index < -0.39 is 0 Å². The zero-order chi connectivity index (χ0) is 14.9. The standard InChI is InChI=1S/C17H23NO3/c19-12-2-1-4-15-6-8-17(9-7-15)21-13-11-18-10-3-5-16(20)14-18/h6-9,16,19-20H,2-3,5,10-14H2. The average Bonchev–Trinajstić information content (AvgIpc) is 2.49. The smallest absolute Gasteiger partial charge is 0.119 e. The van der Waals surface area contributed by atoms with Crippen molar-refractivity contribution in [1.82, 2.24) is 4.90 Å². The van der Waals surface area contributed by atoms with E-state index in [-0.39, 0.29) is 12.7 Å². The van der Waals surface area contributed by atoms with E-state index in [2.05, 4.69) is 16.7 Å². The van der Waals surface area contributed by atoms with Crippen molar-refractivity contribution in [3.63, 3.8) is 0 Å². The van der Waals surface area contributed by atoms with E-state index in [1.54, 1.807) is 0 Å². The number of rotatable bonds is 5. The van der Waals surface area contributed by atoms with Crippen LogP contribution in [-0.4, -0.2) is 54.1 Å². The third kappa shape index (κ3) is 5.76. The molecule has 4 heteroatoms. The highest BCUT2D eigenvalue weighted by atomic mass is 16.5. The summed E-state index contributed by atoms with van der Waals surface area (Å²) < 4.78 is 5.71. The second kappa shape index (κ2) is 8.68. The van der Waals surface area contributed by atoms with Crippen LogP contribution in [0, 0.1) is 11.8 Å². The summed E-state index contributed by atoms with van der Waals surface area (Å²) in [5, 5.41) is 18.3. The van der Waals surface area contributed by atoms with Crippen LogP contribution in [0.3, 0.4) is 0 Å². The Balaban J connectivity index is 1.72. The highest BCUT2D eigenvalue weighted by Gasteiger charge is 2.16. The third-order valence-electron chi connectivity index (χ3n) is 3.48. The summed E-state index contributed by atoms with van der Waals surface area (Å²) in [5.74, 6) is 6.71. The SMILES string of the molecule is OCCC#Cc1ccc(OCCN2CCCC(O)C2)cc1. The molecule has 0 aromatic heterocycles. The molecule has 1 atom stereocenters. The van der Waals surface area contributed by atoms with E-state index in [0.717, 1.165) is 43.8 Å². The number of hydrogen-bond donors (Lipinski definition) is 2. The van der Waals surface area contributed by atoms with Gasteiger partial charge in [0.2, 0.25) is 0 Å². The van der Waals surface area contributed by atoms with Crippen molar-refractivity contribution >= 4 is 0 Å². The molecule has 1 fully saturated rings.